The van der Waals surface area contributed by atoms with Crippen molar-refractivity contribution in [2.45, 2.75) is 40.5 Å². The molecule has 0 radical (unpaired) electrons. The molecular weight excluding hydrogens is 244 g/mol. The van der Waals surface area contributed by atoms with Crippen molar-refractivity contribution >= 4 is 11.6 Å². The fourth-order valence-corrected chi connectivity index (χ4v) is 2.25. The number of hydrogen-bond donors (Lipinski definition) is 0. The lowest BCUT2D eigenvalue weighted by Gasteiger charge is -2.19. The number of benzene rings is 1. The Kier molecular flexibility index (Phi) is 5.74. The lowest BCUT2D eigenvalue weighted by Crippen LogP contribution is -2.06. The summed E-state index contributed by atoms with van der Waals surface area (Å²) in [5, 5.41) is 0.822. The van der Waals surface area contributed by atoms with Crippen LogP contribution in [0.4, 0.5) is 0 Å². The second-order valence-electron chi connectivity index (χ2n) is 4.87. The summed E-state index contributed by atoms with van der Waals surface area (Å²) in [6.45, 7) is 13.0. The molecule has 0 aliphatic heterocycles. The summed E-state index contributed by atoms with van der Waals surface area (Å²) >= 11 is 6.27. The predicted octanol–water partition coefficient (Wildman–Crippen LogP) is 5.11. The van der Waals surface area contributed by atoms with E-state index < -0.39 is 0 Å². The van der Waals surface area contributed by atoms with Crippen LogP contribution in [0.5, 0.6) is 5.75 Å². The standard InChI is InChI=1S/C16H23ClO/c1-6-8-18-16-12(4)10-15(17)13(5)14(16)9-11(3)7-2/h7,10-11H,2,6,8-9H2,1,3-5H3. The number of aryl methyl sites for hydroxylation is 1. The quantitative estimate of drug-likeness (QED) is 0.650. The molecule has 0 N–H and O–H groups in total. The molecule has 0 saturated heterocycles. The maximum absolute atomic E-state index is 6.27. The van der Waals surface area contributed by atoms with Crippen LogP contribution in [-0.2, 0) is 6.42 Å². The van der Waals surface area contributed by atoms with Gasteiger partial charge in [0.15, 0.2) is 0 Å². The first-order chi connectivity index (χ1) is 8.51. The first kappa shape index (κ1) is 15.1. The molecule has 1 unspecified atom stereocenters. The molecule has 2 heteroatoms. The average Bonchev–Trinajstić information content (AvgIpc) is 2.34. The van der Waals surface area contributed by atoms with Gasteiger partial charge in [0, 0.05) is 5.02 Å². The minimum absolute atomic E-state index is 0.422. The molecule has 0 bridgehead atoms. The molecule has 18 heavy (non-hydrogen) atoms. The van der Waals surface area contributed by atoms with Gasteiger partial charge in [-0.3, -0.25) is 0 Å². The van der Waals surface area contributed by atoms with Gasteiger partial charge >= 0.3 is 0 Å². The molecule has 1 aromatic carbocycles. The molecule has 1 atom stereocenters. The van der Waals surface area contributed by atoms with Gasteiger partial charge in [-0.05, 0) is 55.4 Å². The van der Waals surface area contributed by atoms with Crippen molar-refractivity contribution in [2.24, 2.45) is 5.92 Å². The number of halogens is 1. The van der Waals surface area contributed by atoms with E-state index in [1.54, 1.807) is 0 Å². The van der Waals surface area contributed by atoms with E-state index in [1.807, 2.05) is 12.1 Å². The summed E-state index contributed by atoms with van der Waals surface area (Å²) in [6.07, 6.45) is 3.91. The summed E-state index contributed by atoms with van der Waals surface area (Å²) in [6, 6.07) is 1.99. The molecule has 0 aliphatic rings. The van der Waals surface area contributed by atoms with Gasteiger partial charge < -0.3 is 4.74 Å². The molecule has 0 saturated carbocycles. The van der Waals surface area contributed by atoms with Gasteiger partial charge in [0.05, 0.1) is 6.61 Å². The minimum Gasteiger partial charge on any atom is -0.493 e. The monoisotopic (exact) mass is 266 g/mol. The first-order valence-electron chi connectivity index (χ1n) is 6.55. The summed E-state index contributed by atoms with van der Waals surface area (Å²) in [5.74, 6) is 1.43. The zero-order valence-corrected chi connectivity index (χ0v) is 12.6. The van der Waals surface area contributed by atoms with Crippen LogP contribution in [0.15, 0.2) is 18.7 Å². The van der Waals surface area contributed by atoms with Crippen LogP contribution in [0.25, 0.3) is 0 Å². The van der Waals surface area contributed by atoms with Crippen molar-refractivity contribution in [1.29, 1.82) is 0 Å². The maximum atomic E-state index is 6.27. The molecule has 0 aromatic heterocycles. The summed E-state index contributed by atoms with van der Waals surface area (Å²) in [4.78, 5) is 0. The largest absolute Gasteiger partial charge is 0.493 e. The molecule has 0 aliphatic carbocycles. The number of rotatable bonds is 6. The van der Waals surface area contributed by atoms with Crippen LogP contribution in [0, 0.1) is 19.8 Å². The molecule has 0 amide bonds. The lowest BCUT2D eigenvalue weighted by molar-refractivity contribution is 0.311. The molecule has 1 nitrogen and oxygen atoms in total. The third kappa shape index (κ3) is 3.52. The number of allylic oxidation sites excluding steroid dienone is 1. The zero-order chi connectivity index (χ0) is 13.7. The van der Waals surface area contributed by atoms with E-state index >= 15 is 0 Å². The highest BCUT2D eigenvalue weighted by atomic mass is 35.5. The number of hydrogen-bond acceptors (Lipinski definition) is 1. The Morgan fingerprint density at radius 1 is 1.44 bits per heavy atom. The average molecular weight is 267 g/mol. The van der Waals surface area contributed by atoms with E-state index in [2.05, 4.69) is 34.3 Å². The topological polar surface area (TPSA) is 9.23 Å². The van der Waals surface area contributed by atoms with E-state index in [4.69, 9.17) is 16.3 Å². The Morgan fingerprint density at radius 2 is 2.11 bits per heavy atom. The fourth-order valence-electron chi connectivity index (χ4n) is 1.97. The zero-order valence-electron chi connectivity index (χ0n) is 11.8. The first-order valence-corrected chi connectivity index (χ1v) is 6.92. The molecule has 0 heterocycles. The second-order valence-corrected chi connectivity index (χ2v) is 5.28. The Bertz CT molecular complexity index is 424. The minimum atomic E-state index is 0.422. The van der Waals surface area contributed by atoms with Crippen LogP contribution in [0.3, 0.4) is 0 Å². The van der Waals surface area contributed by atoms with E-state index in [9.17, 15) is 0 Å². The summed E-state index contributed by atoms with van der Waals surface area (Å²) in [7, 11) is 0. The molecule has 1 aromatic rings. The normalized spacial score (nSPS) is 12.3. The van der Waals surface area contributed by atoms with E-state index in [1.165, 1.54) is 5.56 Å². The highest BCUT2D eigenvalue weighted by Gasteiger charge is 2.15. The predicted molar refractivity (Wildman–Crippen MR) is 79.8 cm³/mol. The van der Waals surface area contributed by atoms with E-state index in [0.717, 1.165) is 41.3 Å². The van der Waals surface area contributed by atoms with Gasteiger partial charge in [0.25, 0.3) is 0 Å². The molecular formula is C16H23ClO. The summed E-state index contributed by atoms with van der Waals surface area (Å²) < 4.78 is 5.91. The maximum Gasteiger partial charge on any atom is 0.125 e. The second kappa shape index (κ2) is 6.84. The Balaban J connectivity index is 3.19. The van der Waals surface area contributed by atoms with Crippen LogP contribution >= 0.6 is 11.6 Å². The van der Waals surface area contributed by atoms with Gasteiger partial charge in [-0.2, -0.15) is 0 Å². The SMILES string of the molecule is C=CC(C)Cc1c(C)c(Cl)cc(C)c1OCCC. The van der Waals surface area contributed by atoms with Crippen LogP contribution in [-0.4, -0.2) is 6.61 Å². The van der Waals surface area contributed by atoms with E-state index in [0.29, 0.717) is 5.92 Å². The molecule has 0 fully saturated rings. The molecule has 0 spiro atoms. The van der Waals surface area contributed by atoms with Crippen molar-refractivity contribution in [1.82, 2.24) is 0 Å². The molecule has 100 valence electrons. The van der Waals surface area contributed by atoms with Crippen molar-refractivity contribution in [3.63, 3.8) is 0 Å². The Labute approximate surface area is 116 Å². The Hall–Kier alpha value is -0.950. The van der Waals surface area contributed by atoms with Gasteiger partial charge in [0.2, 0.25) is 0 Å². The van der Waals surface area contributed by atoms with Crippen molar-refractivity contribution in [3.05, 3.63) is 40.4 Å². The third-order valence-corrected chi connectivity index (χ3v) is 3.56. The van der Waals surface area contributed by atoms with Crippen LogP contribution in [0.2, 0.25) is 5.02 Å². The Morgan fingerprint density at radius 3 is 2.67 bits per heavy atom. The highest BCUT2D eigenvalue weighted by Crippen LogP contribution is 2.34. The number of ether oxygens (including phenoxy) is 1. The van der Waals surface area contributed by atoms with Crippen molar-refractivity contribution < 1.29 is 4.74 Å². The summed E-state index contributed by atoms with van der Waals surface area (Å²) in [5.41, 5.74) is 3.47. The van der Waals surface area contributed by atoms with Crippen LogP contribution < -0.4 is 4.74 Å². The van der Waals surface area contributed by atoms with Crippen molar-refractivity contribution in [2.75, 3.05) is 6.61 Å². The van der Waals surface area contributed by atoms with Gasteiger partial charge in [-0.15, -0.1) is 6.58 Å². The smallest absolute Gasteiger partial charge is 0.125 e. The van der Waals surface area contributed by atoms with Gasteiger partial charge in [-0.25, -0.2) is 0 Å². The van der Waals surface area contributed by atoms with Crippen LogP contribution in [0.1, 0.15) is 37.0 Å². The lowest BCUT2D eigenvalue weighted by atomic mass is 9.94. The fraction of sp³-hybridized carbons (Fsp3) is 0.500. The van der Waals surface area contributed by atoms with Gasteiger partial charge in [0.1, 0.15) is 5.75 Å². The van der Waals surface area contributed by atoms with E-state index in [-0.39, 0.29) is 0 Å². The van der Waals surface area contributed by atoms with Crippen molar-refractivity contribution in [3.8, 4) is 5.75 Å². The third-order valence-electron chi connectivity index (χ3n) is 3.17. The molecule has 1 rings (SSSR count). The highest BCUT2D eigenvalue weighted by molar-refractivity contribution is 6.31. The van der Waals surface area contributed by atoms with Gasteiger partial charge in [-0.1, -0.05) is 31.5 Å².